The summed E-state index contributed by atoms with van der Waals surface area (Å²) in [5.74, 6) is -0.463. The fraction of sp³-hybridized carbons (Fsp3) is 0.0714. The van der Waals surface area contributed by atoms with Gasteiger partial charge in [0.2, 0.25) is 0 Å². The second-order valence-electron chi connectivity index (χ2n) is 4.44. The number of fused-ring (bicyclic) bond motifs is 1. The maximum Gasteiger partial charge on any atom is 0.364 e. The van der Waals surface area contributed by atoms with Crippen molar-refractivity contribution in [3.8, 4) is 17.3 Å². The van der Waals surface area contributed by atoms with Crippen LogP contribution in [0.25, 0.3) is 16.9 Å². The van der Waals surface area contributed by atoms with Gasteiger partial charge in [-0.1, -0.05) is 0 Å². The Balaban J connectivity index is 2.32. The molecule has 0 unspecified atom stereocenters. The number of alkyl halides is 3. The Kier molecular flexibility index (Phi) is 3.26. The lowest BCUT2D eigenvalue weighted by Gasteiger charge is -2.12. The topological polar surface area (TPSA) is 54.0 Å². The molecular weight excluding hydrogens is 317 g/mol. The Morgan fingerprint density at radius 2 is 1.91 bits per heavy atom. The van der Waals surface area contributed by atoms with E-state index in [-0.39, 0.29) is 16.9 Å². The third kappa shape index (κ3) is 2.38. The van der Waals surface area contributed by atoms with E-state index in [1.807, 2.05) is 6.07 Å². The summed E-state index contributed by atoms with van der Waals surface area (Å²) in [6, 6.07) is 8.03. The summed E-state index contributed by atoms with van der Waals surface area (Å²) in [7, 11) is 0. The molecule has 0 aliphatic carbocycles. The molecule has 2 heterocycles. The Labute approximate surface area is 127 Å². The van der Waals surface area contributed by atoms with Crippen molar-refractivity contribution < 1.29 is 13.2 Å². The fourth-order valence-electron chi connectivity index (χ4n) is 2.01. The minimum absolute atomic E-state index is 0.0335. The first kappa shape index (κ1) is 14.4. The molecule has 8 heteroatoms. The number of benzene rings is 1. The van der Waals surface area contributed by atoms with Crippen LogP contribution in [0.15, 0.2) is 36.5 Å². The largest absolute Gasteiger partial charge is 0.364 e. The van der Waals surface area contributed by atoms with Gasteiger partial charge in [-0.3, -0.25) is 0 Å². The van der Waals surface area contributed by atoms with E-state index in [0.717, 1.165) is 16.8 Å². The number of halogens is 4. The van der Waals surface area contributed by atoms with Gasteiger partial charge in [0.25, 0.3) is 0 Å². The molecule has 0 radical (unpaired) electrons. The summed E-state index contributed by atoms with van der Waals surface area (Å²) >= 11 is 5.11. The summed E-state index contributed by atoms with van der Waals surface area (Å²) in [6.07, 6.45) is 1.13. The highest BCUT2D eigenvalue weighted by molar-refractivity contribution is 6.21. The van der Waals surface area contributed by atoms with Gasteiger partial charge in [-0.25, -0.2) is 13.9 Å². The van der Waals surface area contributed by atoms with E-state index >= 15 is 0 Å². The van der Waals surface area contributed by atoms with Gasteiger partial charge in [0.1, 0.15) is 23.1 Å². The van der Waals surface area contributed by atoms with Crippen molar-refractivity contribution in [2.75, 3.05) is 0 Å². The molecule has 22 heavy (non-hydrogen) atoms. The third-order valence-electron chi connectivity index (χ3n) is 3.02. The summed E-state index contributed by atoms with van der Waals surface area (Å²) in [5, 5.41) is 9.01. The lowest BCUT2D eigenvalue weighted by atomic mass is 10.1. The molecule has 0 bridgehead atoms. The first-order valence-electron chi connectivity index (χ1n) is 6.02. The highest BCUT2D eigenvalue weighted by Crippen LogP contribution is 2.34. The molecule has 3 rings (SSSR count). The van der Waals surface area contributed by atoms with Gasteiger partial charge in [0, 0.05) is 5.56 Å². The molecule has 3 aromatic rings. The highest BCUT2D eigenvalue weighted by Gasteiger charge is 2.33. The van der Waals surface area contributed by atoms with E-state index < -0.39 is 16.9 Å². The first-order chi connectivity index (χ1) is 10.4. The first-order valence-corrected chi connectivity index (χ1v) is 6.40. The molecule has 0 saturated carbocycles. The van der Waals surface area contributed by atoms with Crippen molar-refractivity contribution in [1.29, 1.82) is 5.26 Å². The van der Waals surface area contributed by atoms with Crippen molar-refractivity contribution in [3.63, 3.8) is 0 Å². The van der Waals surface area contributed by atoms with Crippen molar-refractivity contribution in [1.82, 2.24) is 14.6 Å². The molecule has 2 aromatic heterocycles. The van der Waals surface area contributed by atoms with Gasteiger partial charge < -0.3 is 0 Å². The molecule has 1 aromatic carbocycles. The maximum atomic E-state index is 13.6. The minimum atomic E-state index is -3.70. The number of aromatic nitrogens is 3. The molecule has 0 amide bonds. The highest BCUT2D eigenvalue weighted by atomic mass is 35.5. The molecule has 110 valence electrons. The van der Waals surface area contributed by atoms with Gasteiger partial charge in [-0.05, 0) is 41.9 Å². The van der Waals surface area contributed by atoms with Crippen LogP contribution in [0, 0.1) is 17.1 Å². The van der Waals surface area contributed by atoms with E-state index in [1.165, 1.54) is 24.3 Å². The molecule has 0 saturated heterocycles. The number of nitrogens with zero attached hydrogens (tertiary/aromatic N) is 4. The second-order valence-corrected chi connectivity index (χ2v) is 4.91. The number of nitriles is 1. The molecule has 0 atom stereocenters. The van der Waals surface area contributed by atoms with Gasteiger partial charge in [0.05, 0.1) is 11.9 Å². The Bertz CT molecular complexity index is 891. The summed E-state index contributed by atoms with van der Waals surface area (Å²) in [6.45, 7) is 0. The maximum absolute atomic E-state index is 13.6. The molecule has 0 fully saturated rings. The van der Waals surface area contributed by atoms with E-state index in [4.69, 9.17) is 16.9 Å². The zero-order valence-corrected chi connectivity index (χ0v) is 11.5. The van der Waals surface area contributed by atoms with Gasteiger partial charge in [-0.15, -0.1) is 0 Å². The molecule has 0 N–H and O–H groups in total. The molecule has 0 spiro atoms. The standard InChI is InChI=1S/C14H6ClF3N4/c15-14(17,18)12-5-11(8-1-3-10(16)4-2-8)21-13-9(6-19)7-20-22(12)13/h1-5,7H. The van der Waals surface area contributed by atoms with Gasteiger partial charge >= 0.3 is 5.38 Å². The van der Waals surface area contributed by atoms with Crippen LogP contribution in [0.2, 0.25) is 0 Å². The monoisotopic (exact) mass is 322 g/mol. The average Bonchev–Trinajstić information content (AvgIpc) is 2.88. The van der Waals surface area contributed by atoms with E-state index in [1.54, 1.807) is 0 Å². The smallest absolute Gasteiger partial charge is 0.227 e. The third-order valence-corrected chi connectivity index (χ3v) is 3.22. The number of hydrogen-bond donors (Lipinski definition) is 0. The summed E-state index contributed by atoms with van der Waals surface area (Å²) in [5.41, 5.74) is -0.0817. The van der Waals surface area contributed by atoms with Crippen LogP contribution in [0.1, 0.15) is 11.3 Å². The van der Waals surface area contributed by atoms with E-state index in [2.05, 4.69) is 10.1 Å². The predicted octanol–water partition coefficient (Wildman–Crippen LogP) is 3.70. The lowest BCUT2D eigenvalue weighted by Crippen LogP contribution is -2.12. The summed E-state index contributed by atoms with van der Waals surface area (Å²) in [4.78, 5) is 4.14. The van der Waals surface area contributed by atoms with Gasteiger partial charge in [-0.2, -0.15) is 19.1 Å². The fourth-order valence-corrected chi connectivity index (χ4v) is 2.15. The van der Waals surface area contributed by atoms with Crippen LogP contribution in [0.3, 0.4) is 0 Å². The Morgan fingerprint density at radius 3 is 2.50 bits per heavy atom. The quantitative estimate of drug-likeness (QED) is 0.676. The van der Waals surface area contributed by atoms with Crippen molar-refractivity contribution in [2.24, 2.45) is 0 Å². The van der Waals surface area contributed by atoms with Crippen LogP contribution >= 0.6 is 11.6 Å². The Morgan fingerprint density at radius 1 is 1.23 bits per heavy atom. The van der Waals surface area contributed by atoms with Crippen LogP contribution < -0.4 is 0 Å². The molecule has 0 aliphatic rings. The van der Waals surface area contributed by atoms with Crippen molar-refractivity contribution in [3.05, 3.63) is 53.6 Å². The zero-order valence-electron chi connectivity index (χ0n) is 10.8. The van der Waals surface area contributed by atoms with Gasteiger partial charge in [0.15, 0.2) is 5.65 Å². The van der Waals surface area contributed by atoms with Crippen LogP contribution in [-0.2, 0) is 5.38 Å². The van der Waals surface area contributed by atoms with Crippen LogP contribution in [0.5, 0.6) is 0 Å². The van der Waals surface area contributed by atoms with Crippen molar-refractivity contribution in [2.45, 2.75) is 5.38 Å². The van der Waals surface area contributed by atoms with E-state index in [9.17, 15) is 13.2 Å². The SMILES string of the molecule is N#Cc1cnn2c(C(F)(F)Cl)cc(-c3ccc(F)cc3)nc12. The normalized spacial score (nSPS) is 11.6. The molecule has 0 aliphatic heterocycles. The number of rotatable bonds is 2. The average molecular weight is 323 g/mol. The number of hydrogen-bond acceptors (Lipinski definition) is 3. The zero-order chi connectivity index (χ0) is 15.9. The van der Waals surface area contributed by atoms with Crippen molar-refractivity contribution >= 4 is 17.2 Å². The lowest BCUT2D eigenvalue weighted by molar-refractivity contribution is 0.0873. The van der Waals surface area contributed by atoms with Crippen LogP contribution in [-0.4, -0.2) is 14.6 Å². The van der Waals surface area contributed by atoms with E-state index in [0.29, 0.717) is 5.56 Å². The Hall–Kier alpha value is -2.59. The predicted molar refractivity (Wildman–Crippen MR) is 72.8 cm³/mol. The molecule has 4 nitrogen and oxygen atoms in total. The summed E-state index contributed by atoms with van der Waals surface area (Å²) < 4.78 is 41.0. The van der Waals surface area contributed by atoms with Crippen LogP contribution in [0.4, 0.5) is 13.2 Å². The molecular formula is C14H6ClF3N4. The second kappa shape index (κ2) is 5.00. The minimum Gasteiger partial charge on any atom is -0.227 e.